The van der Waals surface area contributed by atoms with Gasteiger partial charge in [0, 0.05) is 18.4 Å². The van der Waals surface area contributed by atoms with Gasteiger partial charge in [-0.2, -0.15) is 0 Å². The molecule has 0 bridgehead atoms. The predicted octanol–water partition coefficient (Wildman–Crippen LogP) is 5.67. The largest absolute Gasteiger partial charge is 0.295 e. The summed E-state index contributed by atoms with van der Waals surface area (Å²) in [7, 11) is 0. The number of hydrogen-bond donors (Lipinski definition) is 0. The van der Waals surface area contributed by atoms with Crippen LogP contribution < -0.4 is 0 Å². The second-order valence-electron chi connectivity index (χ2n) is 9.98. The van der Waals surface area contributed by atoms with E-state index >= 15 is 0 Å². The fourth-order valence-corrected chi connectivity index (χ4v) is 7.60. The second-order valence-corrected chi connectivity index (χ2v) is 9.98. The summed E-state index contributed by atoms with van der Waals surface area (Å²) in [6.45, 7) is 9.36. The Balaban J connectivity index is 1.68. The van der Waals surface area contributed by atoms with Crippen molar-refractivity contribution in [3.63, 3.8) is 0 Å². The van der Waals surface area contributed by atoms with Gasteiger partial charge in [-0.1, -0.05) is 32.4 Å². The van der Waals surface area contributed by atoms with E-state index in [0.717, 1.165) is 18.4 Å². The number of hydrogen-bond acceptors (Lipinski definition) is 2. The van der Waals surface area contributed by atoms with Crippen molar-refractivity contribution in [3.8, 4) is 0 Å². The molecule has 0 aromatic heterocycles. The number of rotatable bonds is 2. The summed E-state index contributed by atoms with van der Waals surface area (Å²) in [4.78, 5) is 25.0. The summed E-state index contributed by atoms with van der Waals surface area (Å²) in [6, 6.07) is 0. The quantitative estimate of drug-likeness (QED) is 0.599. The van der Waals surface area contributed by atoms with Crippen LogP contribution in [0.4, 0.5) is 0 Å². The minimum atomic E-state index is -0.0539. The van der Waals surface area contributed by atoms with Crippen molar-refractivity contribution in [2.45, 2.75) is 79.1 Å². The Bertz CT molecular complexity index is 699. The number of carbonyl (C=O) groups is 2. The van der Waals surface area contributed by atoms with Crippen LogP contribution in [0.2, 0.25) is 0 Å². The lowest BCUT2D eigenvalue weighted by Gasteiger charge is -2.57. The third-order valence-electron chi connectivity index (χ3n) is 8.86. The van der Waals surface area contributed by atoms with Crippen molar-refractivity contribution in [1.82, 2.24) is 0 Å². The van der Waals surface area contributed by atoms with Crippen LogP contribution in [0, 0.1) is 34.5 Å². The van der Waals surface area contributed by atoms with Crippen LogP contribution >= 0.6 is 0 Å². The Labute approximate surface area is 158 Å². The number of fused-ring (bicyclic) bond motifs is 5. The van der Waals surface area contributed by atoms with Crippen LogP contribution in [-0.2, 0) is 9.59 Å². The summed E-state index contributed by atoms with van der Waals surface area (Å²) in [5.74, 6) is 2.91. The number of ketones is 2. The molecule has 0 radical (unpaired) electrons. The molecular formula is C24H34O2. The van der Waals surface area contributed by atoms with Gasteiger partial charge in [-0.25, -0.2) is 0 Å². The molecule has 6 atom stereocenters. The van der Waals surface area contributed by atoms with Crippen LogP contribution in [0.15, 0.2) is 23.3 Å². The summed E-state index contributed by atoms with van der Waals surface area (Å²) >= 11 is 0. The minimum absolute atomic E-state index is 0.0539. The molecule has 0 aliphatic heterocycles. The lowest BCUT2D eigenvalue weighted by atomic mass is 9.46. The van der Waals surface area contributed by atoms with Crippen LogP contribution in [0.3, 0.4) is 0 Å². The van der Waals surface area contributed by atoms with Gasteiger partial charge in [-0.3, -0.25) is 9.59 Å². The predicted molar refractivity (Wildman–Crippen MR) is 105 cm³/mol. The minimum Gasteiger partial charge on any atom is -0.295 e. The van der Waals surface area contributed by atoms with Gasteiger partial charge in [0.05, 0.1) is 0 Å². The number of carbonyl (C=O) groups excluding carboxylic acids is 2. The van der Waals surface area contributed by atoms with E-state index in [4.69, 9.17) is 0 Å². The van der Waals surface area contributed by atoms with E-state index in [1.807, 2.05) is 0 Å². The molecule has 26 heavy (non-hydrogen) atoms. The van der Waals surface area contributed by atoms with E-state index in [9.17, 15) is 9.59 Å². The van der Waals surface area contributed by atoms with E-state index in [2.05, 4.69) is 33.8 Å². The smallest absolute Gasteiger partial charge is 0.159 e. The SMILES string of the molecule is CCC=C(C)[C@H]1CCC2C3CC(=O)C4=CC(=O)CC[C@]4(C)C3CC[C@@]21C. The molecule has 2 heteroatoms. The van der Waals surface area contributed by atoms with Crippen LogP contribution in [0.25, 0.3) is 0 Å². The zero-order valence-corrected chi connectivity index (χ0v) is 16.9. The van der Waals surface area contributed by atoms with E-state index in [1.54, 1.807) is 11.6 Å². The highest BCUT2D eigenvalue weighted by atomic mass is 16.1. The Morgan fingerprint density at radius 1 is 1.15 bits per heavy atom. The van der Waals surface area contributed by atoms with Gasteiger partial charge >= 0.3 is 0 Å². The van der Waals surface area contributed by atoms with Crippen molar-refractivity contribution in [3.05, 3.63) is 23.3 Å². The zero-order valence-electron chi connectivity index (χ0n) is 16.9. The van der Waals surface area contributed by atoms with Crippen molar-refractivity contribution in [1.29, 1.82) is 0 Å². The Morgan fingerprint density at radius 2 is 1.92 bits per heavy atom. The molecule has 3 fully saturated rings. The maximum atomic E-state index is 13.0. The Morgan fingerprint density at radius 3 is 2.65 bits per heavy atom. The molecule has 0 spiro atoms. The second kappa shape index (κ2) is 6.17. The molecule has 0 amide bonds. The van der Waals surface area contributed by atoms with Gasteiger partial charge in [0.15, 0.2) is 11.6 Å². The normalized spacial score (nSPS) is 45.7. The first-order valence-electron chi connectivity index (χ1n) is 10.8. The maximum absolute atomic E-state index is 13.0. The van der Waals surface area contributed by atoms with Crippen LogP contribution in [-0.4, -0.2) is 11.6 Å². The first-order chi connectivity index (χ1) is 12.3. The van der Waals surface area contributed by atoms with E-state index < -0.39 is 0 Å². The van der Waals surface area contributed by atoms with E-state index in [0.29, 0.717) is 41.9 Å². The molecule has 0 aromatic carbocycles. The summed E-state index contributed by atoms with van der Waals surface area (Å²) < 4.78 is 0. The van der Waals surface area contributed by atoms with Gasteiger partial charge in [0.25, 0.3) is 0 Å². The fraction of sp³-hybridized carbons (Fsp3) is 0.750. The van der Waals surface area contributed by atoms with Gasteiger partial charge < -0.3 is 0 Å². The fourth-order valence-electron chi connectivity index (χ4n) is 7.60. The summed E-state index contributed by atoms with van der Waals surface area (Å²) in [5, 5.41) is 0. The highest BCUT2D eigenvalue weighted by Crippen LogP contribution is 2.66. The van der Waals surface area contributed by atoms with Gasteiger partial charge in [-0.15, -0.1) is 0 Å². The molecule has 4 aliphatic carbocycles. The van der Waals surface area contributed by atoms with E-state index in [-0.39, 0.29) is 17.0 Å². The summed E-state index contributed by atoms with van der Waals surface area (Å²) in [5.41, 5.74) is 2.75. The van der Waals surface area contributed by atoms with Gasteiger partial charge in [-0.05, 0) is 86.0 Å². The molecule has 0 saturated heterocycles. The highest BCUT2D eigenvalue weighted by Gasteiger charge is 2.60. The highest BCUT2D eigenvalue weighted by molar-refractivity contribution is 6.05. The van der Waals surface area contributed by atoms with Crippen molar-refractivity contribution in [2.24, 2.45) is 34.5 Å². The molecule has 2 nitrogen and oxygen atoms in total. The monoisotopic (exact) mass is 354 g/mol. The lowest BCUT2D eigenvalue weighted by molar-refractivity contribution is -0.131. The van der Waals surface area contributed by atoms with Crippen LogP contribution in [0.5, 0.6) is 0 Å². The first-order valence-corrected chi connectivity index (χ1v) is 10.8. The molecule has 0 N–H and O–H groups in total. The van der Waals surface area contributed by atoms with Gasteiger partial charge in [0.1, 0.15) is 0 Å². The Kier molecular flexibility index (Phi) is 4.32. The third-order valence-corrected chi connectivity index (χ3v) is 8.86. The molecule has 3 saturated carbocycles. The maximum Gasteiger partial charge on any atom is 0.159 e. The number of allylic oxidation sites excluding steroid dienone is 3. The molecule has 3 unspecified atom stereocenters. The molecule has 4 aliphatic rings. The lowest BCUT2D eigenvalue weighted by Crippen LogP contribution is -2.52. The topological polar surface area (TPSA) is 34.1 Å². The average molecular weight is 355 g/mol. The van der Waals surface area contributed by atoms with Crippen molar-refractivity contribution in [2.75, 3.05) is 0 Å². The van der Waals surface area contributed by atoms with Crippen molar-refractivity contribution >= 4 is 11.6 Å². The van der Waals surface area contributed by atoms with Crippen LogP contribution in [0.1, 0.15) is 79.1 Å². The molecule has 0 heterocycles. The Hall–Kier alpha value is -1.18. The average Bonchev–Trinajstić information content (AvgIpc) is 2.94. The third kappa shape index (κ3) is 2.43. The standard InChI is InChI=1S/C24H34O2/c1-5-6-15(2)18-7-8-19-17-14-22(26)21-13-16(25)9-11-24(21,4)20(17)10-12-23(18,19)3/h6,13,17-20H,5,7-12,14H2,1-4H3/t17?,18-,19?,20?,23-,24-/m1/s1. The van der Waals surface area contributed by atoms with Crippen molar-refractivity contribution < 1.29 is 9.59 Å². The molecule has 142 valence electrons. The number of Topliss-reactive ketones (excluding diaryl/α,β-unsaturated/α-hetero) is 1. The summed E-state index contributed by atoms with van der Waals surface area (Å²) in [6.07, 6.45) is 12.5. The van der Waals surface area contributed by atoms with E-state index in [1.165, 1.54) is 25.7 Å². The molecular weight excluding hydrogens is 320 g/mol. The molecule has 4 rings (SSSR count). The molecule has 0 aromatic rings. The zero-order chi connectivity index (χ0) is 18.7. The first kappa shape index (κ1) is 18.2. The van der Waals surface area contributed by atoms with Gasteiger partial charge in [0.2, 0.25) is 0 Å².